The van der Waals surface area contributed by atoms with Gasteiger partial charge in [0.2, 0.25) is 0 Å². The molecule has 1 aromatic carbocycles. The normalized spacial score (nSPS) is 10.5. The van der Waals surface area contributed by atoms with Gasteiger partial charge in [-0.3, -0.25) is 0 Å². The molecule has 0 atom stereocenters. The third-order valence-corrected chi connectivity index (χ3v) is 1.84. The van der Waals surface area contributed by atoms with E-state index >= 15 is 0 Å². The molecule has 0 unspecified atom stereocenters. The summed E-state index contributed by atoms with van der Waals surface area (Å²) in [4.78, 5) is 2.81. The highest BCUT2D eigenvalue weighted by Gasteiger charge is 2.07. The van der Waals surface area contributed by atoms with Crippen molar-refractivity contribution in [1.29, 1.82) is 0 Å². The Morgan fingerprint density at radius 1 is 1.42 bits per heavy atom. The fraction of sp³-hybridized carbons (Fsp3) is 0.111. The van der Waals surface area contributed by atoms with Gasteiger partial charge in [0.05, 0.1) is 18.0 Å². The van der Waals surface area contributed by atoms with Gasteiger partial charge in [-0.05, 0) is 12.1 Å². The molecule has 0 radical (unpaired) electrons. The minimum Gasteiger partial charge on any atom is -0.496 e. The van der Waals surface area contributed by atoms with Crippen LogP contribution in [0.2, 0.25) is 0 Å². The largest absolute Gasteiger partial charge is 0.496 e. The third-order valence-electron chi connectivity index (χ3n) is 1.84. The second kappa shape index (κ2) is 2.52. The first-order chi connectivity index (χ1) is 5.83. The van der Waals surface area contributed by atoms with Gasteiger partial charge in [0.1, 0.15) is 5.75 Å². The van der Waals surface area contributed by atoms with E-state index in [1.807, 2.05) is 6.07 Å². The monoisotopic (exact) mass is 165 g/mol. The first-order valence-corrected chi connectivity index (χ1v) is 3.62. The van der Waals surface area contributed by atoms with Crippen LogP contribution in [0.1, 0.15) is 0 Å². The lowest BCUT2D eigenvalue weighted by atomic mass is 10.2. The molecule has 1 heterocycles. The summed E-state index contributed by atoms with van der Waals surface area (Å²) in [6.45, 7) is 0. The molecule has 12 heavy (non-hydrogen) atoms. The number of ether oxygens (including phenoxy) is 1. The van der Waals surface area contributed by atoms with Crippen LogP contribution in [0.4, 0.5) is 4.39 Å². The second-order valence-corrected chi connectivity index (χ2v) is 2.52. The van der Waals surface area contributed by atoms with E-state index in [-0.39, 0.29) is 5.82 Å². The van der Waals surface area contributed by atoms with Crippen LogP contribution in [0.25, 0.3) is 10.9 Å². The van der Waals surface area contributed by atoms with Crippen molar-refractivity contribution in [1.82, 2.24) is 4.98 Å². The van der Waals surface area contributed by atoms with Crippen LogP contribution in [-0.2, 0) is 0 Å². The van der Waals surface area contributed by atoms with Gasteiger partial charge in [-0.2, -0.15) is 0 Å². The van der Waals surface area contributed by atoms with Gasteiger partial charge in [0.15, 0.2) is 5.82 Å². The number of H-pyrrole nitrogens is 1. The van der Waals surface area contributed by atoms with E-state index in [0.717, 1.165) is 5.52 Å². The summed E-state index contributed by atoms with van der Waals surface area (Å²) in [6.07, 6.45) is 1.33. The zero-order valence-corrected chi connectivity index (χ0v) is 6.60. The number of hydrogen-bond acceptors (Lipinski definition) is 1. The maximum atomic E-state index is 13.1. The molecule has 0 saturated heterocycles. The van der Waals surface area contributed by atoms with E-state index in [9.17, 15) is 4.39 Å². The summed E-state index contributed by atoms with van der Waals surface area (Å²) in [5.74, 6) is 0.286. The lowest BCUT2D eigenvalue weighted by Gasteiger charge is -1.99. The number of rotatable bonds is 1. The summed E-state index contributed by atoms with van der Waals surface area (Å²) in [5.41, 5.74) is 0.756. The Morgan fingerprint density at radius 2 is 2.25 bits per heavy atom. The highest BCUT2D eigenvalue weighted by Crippen LogP contribution is 2.26. The number of benzene rings is 1. The van der Waals surface area contributed by atoms with Crippen molar-refractivity contribution in [3.05, 3.63) is 30.2 Å². The Balaban J connectivity index is 2.84. The lowest BCUT2D eigenvalue weighted by molar-refractivity contribution is 0.418. The van der Waals surface area contributed by atoms with Crippen molar-refractivity contribution in [2.45, 2.75) is 0 Å². The summed E-state index contributed by atoms with van der Waals surface area (Å²) in [7, 11) is 1.53. The van der Waals surface area contributed by atoms with Crippen molar-refractivity contribution in [3.8, 4) is 5.75 Å². The van der Waals surface area contributed by atoms with Crippen molar-refractivity contribution in [2.24, 2.45) is 0 Å². The van der Waals surface area contributed by atoms with Gasteiger partial charge in [-0.25, -0.2) is 4.39 Å². The predicted molar refractivity (Wildman–Crippen MR) is 44.8 cm³/mol. The van der Waals surface area contributed by atoms with E-state index in [1.54, 1.807) is 12.1 Å². The molecule has 1 aromatic heterocycles. The maximum Gasteiger partial charge on any atom is 0.152 e. The van der Waals surface area contributed by atoms with Gasteiger partial charge in [-0.1, -0.05) is 6.07 Å². The number of nitrogens with one attached hydrogen (secondary N) is 1. The Kier molecular flexibility index (Phi) is 1.50. The van der Waals surface area contributed by atoms with E-state index in [1.165, 1.54) is 13.3 Å². The average Bonchev–Trinajstić information content (AvgIpc) is 2.48. The molecule has 62 valence electrons. The van der Waals surface area contributed by atoms with Crippen LogP contribution in [0.5, 0.6) is 5.75 Å². The van der Waals surface area contributed by atoms with E-state index < -0.39 is 0 Å². The van der Waals surface area contributed by atoms with Gasteiger partial charge in [0.25, 0.3) is 0 Å². The summed E-state index contributed by atoms with van der Waals surface area (Å²) >= 11 is 0. The topological polar surface area (TPSA) is 25.0 Å². The molecule has 0 bridgehead atoms. The standard InChI is InChI=1S/C9H8FNO/c1-12-8-4-2-3-7-9(8)6(10)5-11-7/h2-5,11H,1H3. The molecular weight excluding hydrogens is 157 g/mol. The van der Waals surface area contributed by atoms with E-state index in [2.05, 4.69) is 4.98 Å². The van der Waals surface area contributed by atoms with E-state index in [0.29, 0.717) is 11.1 Å². The number of halogens is 1. The molecule has 0 aliphatic rings. The van der Waals surface area contributed by atoms with Gasteiger partial charge >= 0.3 is 0 Å². The van der Waals surface area contributed by atoms with Gasteiger partial charge in [-0.15, -0.1) is 0 Å². The number of aromatic amines is 1. The van der Waals surface area contributed by atoms with Gasteiger partial charge < -0.3 is 9.72 Å². The van der Waals surface area contributed by atoms with Crippen LogP contribution in [0.15, 0.2) is 24.4 Å². The average molecular weight is 165 g/mol. The Labute approximate surface area is 69.0 Å². The Bertz CT molecular complexity index is 408. The number of aromatic nitrogens is 1. The molecule has 0 aliphatic carbocycles. The van der Waals surface area contributed by atoms with E-state index in [4.69, 9.17) is 4.74 Å². The maximum absolute atomic E-state index is 13.1. The Hall–Kier alpha value is -1.51. The first-order valence-electron chi connectivity index (χ1n) is 3.62. The molecule has 0 aliphatic heterocycles. The summed E-state index contributed by atoms with van der Waals surface area (Å²) in [6, 6.07) is 5.36. The fourth-order valence-corrected chi connectivity index (χ4v) is 1.28. The van der Waals surface area contributed by atoms with Crippen LogP contribution >= 0.6 is 0 Å². The summed E-state index contributed by atoms with van der Waals surface area (Å²) in [5, 5.41) is 0.514. The molecular formula is C9H8FNO. The van der Waals surface area contributed by atoms with Gasteiger partial charge in [0, 0.05) is 6.20 Å². The molecule has 0 amide bonds. The minimum atomic E-state index is -0.276. The predicted octanol–water partition coefficient (Wildman–Crippen LogP) is 2.32. The molecule has 0 spiro atoms. The van der Waals surface area contributed by atoms with Crippen molar-refractivity contribution in [3.63, 3.8) is 0 Å². The quantitative estimate of drug-likeness (QED) is 0.689. The molecule has 1 N–H and O–H groups in total. The molecule has 3 heteroatoms. The zero-order chi connectivity index (χ0) is 8.55. The minimum absolute atomic E-state index is 0.276. The number of methoxy groups -OCH3 is 1. The van der Waals surface area contributed by atoms with Crippen LogP contribution < -0.4 is 4.74 Å². The SMILES string of the molecule is COc1cccc2[nH]cc(F)c12. The second-order valence-electron chi connectivity index (χ2n) is 2.52. The van der Waals surface area contributed by atoms with Crippen LogP contribution in [0, 0.1) is 5.82 Å². The lowest BCUT2D eigenvalue weighted by Crippen LogP contribution is -1.83. The molecule has 2 aromatic rings. The van der Waals surface area contributed by atoms with Crippen molar-refractivity contribution in [2.75, 3.05) is 7.11 Å². The van der Waals surface area contributed by atoms with Crippen LogP contribution in [-0.4, -0.2) is 12.1 Å². The highest BCUT2D eigenvalue weighted by atomic mass is 19.1. The molecule has 2 nitrogen and oxygen atoms in total. The zero-order valence-electron chi connectivity index (χ0n) is 6.60. The first kappa shape index (κ1) is 7.16. The van der Waals surface area contributed by atoms with Crippen LogP contribution in [0.3, 0.4) is 0 Å². The van der Waals surface area contributed by atoms with Crippen molar-refractivity contribution >= 4 is 10.9 Å². The smallest absolute Gasteiger partial charge is 0.152 e. The Morgan fingerprint density at radius 3 is 3.00 bits per heavy atom. The summed E-state index contributed by atoms with van der Waals surface area (Å²) < 4.78 is 18.1. The van der Waals surface area contributed by atoms with Crippen molar-refractivity contribution < 1.29 is 9.13 Å². The molecule has 2 rings (SSSR count). The molecule has 0 fully saturated rings. The highest BCUT2D eigenvalue weighted by molar-refractivity contribution is 5.86. The third kappa shape index (κ3) is 0.863. The number of fused-ring (bicyclic) bond motifs is 1. The molecule has 0 saturated carbocycles. The number of hydrogen-bond donors (Lipinski definition) is 1. The fourth-order valence-electron chi connectivity index (χ4n) is 1.28.